The lowest BCUT2D eigenvalue weighted by molar-refractivity contribution is -0.149. The van der Waals surface area contributed by atoms with Crippen LogP contribution < -0.4 is 9.61 Å². The highest BCUT2D eigenvalue weighted by Crippen LogP contribution is 2.48. The maximum atomic E-state index is 15.2. The van der Waals surface area contributed by atoms with Crippen molar-refractivity contribution >= 4 is 38.2 Å². The number of carbonyl (C=O) groups is 1. The fourth-order valence-corrected chi connectivity index (χ4v) is 5.41. The van der Waals surface area contributed by atoms with Crippen LogP contribution in [0.25, 0.3) is 0 Å². The zero-order chi connectivity index (χ0) is 27.4. The number of aromatic amines is 1. The van der Waals surface area contributed by atoms with Gasteiger partial charge in [-0.05, 0) is 51.2 Å². The Morgan fingerprint density at radius 2 is 2.03 bits per heavy atom. The summed E-state index contributed by atoms with van der Waals surface area (Å²) in [5.74, 6) is 1.66. The molecule has 0 aliphatic carbocycles. The first-order valence-electron chi connectivity index (χ1n) is 11.2. The second-order valence-corrected chi connectivity index (χ2v) is 11.0. The van der Waals surface area contributed by atoms with Crippen LogP contribution in [0, 0.1) is 21.8 Å². The average molecular weight is 572 g/mol. The summed E-state index contributed by atoms with van der Waals surface area (Å²) in [6.45, 7) is 3.96. The molecule has 14 heteroatoms. The van der Waals surface area contributed by atoms with Gasteiger partial charge in [-0.3, -0.25) is 13.9 Å². The zero-order valence-electron chi connectivity index (χ0n) is 20.2. The van der Waals surface area contributed by atoms with Gasteiger partial charge in [-0.2, -0.15) is 5.09 Å². The van der Waals surface area contributed by atoms with Crippen molar-refractivity contribution in [2.24, 2.45) is 0 Å². The number of benzene rings is 1. The first kappa shape index (κ1) is 29.1. The zero-order valence-corrected chi connectivity index (χ0v) is 22.7. The van der Waals surface area contributed by atoms with Crippen molar-refractivity contribution in [3.63, 3.8) is 0 Å². The number of esters is 1. The predicted octanol–water partition coefficient (Wildman–Crippen LogP) is 4.01. The molecule has 6 atom stereocenters. The highest BCUT2D eigenvalue weighted by Gasteiger charge is 2.56. The molecular weight excluding hydrogens is 544 g/mol. The van der Waals surface area contributed by atoms with E-state index in [2.05, 4.69) is 16.0 Å². The Labute approximate surface area is 223 Å². The number of ether oxygens (including phenoxy) is 2. The molecule has 3 rings (SSSR count). The van der Waals surface area contributed by atoms with Crippen LogP contribution in [0.2, 0.25) is 0 Å². The predicted molar refractivity (Wildman–Crippen MR) is 137 cm³/mol. The maximum Gasteiger partial charge on any atom is 0.459 e. The van der Waals surface area contributed by atoms with Crippen LogP contribution in [0.3, 0.4) is 0 Å². The fourth-order valence-electron chi connectivity index (χ4n) is 3.40. The van der Waals surface area contributed by atoms with Crippen molar-refractivity contribution in [1.82, 2.24) is 14.6 Å². The van der Waals surface area contributed by atoms with Gasteiger partial charge in [0.15, 0.2) is 22.8 Å². The number of alkyl halides is 1. The van der Waals surface area contributed by atoms with Gasteiger partial charge in [0.2, 0.25) is 0 Å². The first-order chi connectivity index (χ1) is 17.4. The van der Waals surface area contributed by atoms with E-state index >= 15 is 4.39 Å². The molecule has 2 heterocycles. The van der Waals surface area contributed by atoms with Crippen molar-refractivity contribution in [1.29, 1.82) is 0 Å². The molecule has 0 bridgehead atoms. The lowest BCUT2D eigenvalue weighted by Gasteiger charge is -2.29. The number of terminal acetylenes is 1. The molecule has 1 saturated heterocycles. The van der Waals surface area contributed by atoms with Crippen molar-refractivity contribution in [3.8, 4) is 18.1 Å². The Kier molecular flexibility index (Phi) is 9.42. The number of rotatable bonds is 10. The molecule has 37 heavy (non-hydrogen) atoms. The maximum absolute atomic E-state index is 15.2. The molecule has 0 radical (unpaired) electrons. The molecule has 0 amide bonds. The van der Waals surface area contributed by atoms with Gasteiger partial charge in [0, 0.05) is 6.20 Å². The fraction of sp³-hybridized carbons (Fsp3) is 0.435. The van der Waals surface area contributed by atoms with E-state index in [9.17, 15) is 14.5 Å². The molecule has 2 aromatic rings. The summed E-state index contributed by atoms with van der Waals surface area (Å²) in [4.78, 5) is 15.0. The van der Waals surface area contributed by atoms with E-state index in [1.54, 1.807) is 32.0 Å². The van der Waals surface area contributed by atoms with Crippen molar-refractivity contribution in [3.05, 3.63) is 52.0 Å². The quantitative estimate of drug-likeness (QED) is 0.167. The van der Waals surface area contributed by atoms with Crippen molar-refractivity contribution in [2.75, 3.05) is 6.61 Å². The third kappa shape index (κ3) is 6.91. The van der Waals surface area contributed by atoms with Gasteiger partial charge < -0.3 is 24.1 Å². The lowest BCUT2D eigenvalue weighted by Crippen LogP contribution is -2.45. The monoisotopic (exact) mass is 571 g/mol. The van der Waals surface area contributed by atoms with Crippen LogP contribution in [-0.2, 0) is 23.4 Å². The Morgan fingerprint density at radius 1 is 1.35 bits per heavy atom. The number of aliphatic hydroxyl groups excluding tert-OH is 1. The molecular formula is C23H27FN3O7PS2. The summed E-state index contributed by atoms with van der Waals surface area (Å²) >= 11 is 10.2. The Morgan fingerprint density at radius 3 is 2.62 bits per heavy atom. The molecule has 0 spiro atoms. The molecule has 3 N–H and O–H groups in total. The van der Waals surface area contributed by atoms with Gasteiger partial charge in [0.05, 0.1) is 6.10 Å². The Hall–Kier alpha value is -2.43. The number of hydrogen-bond acceptors (Lipinski definition) is 9. The SMILES string of the molecule is C#CC1(COP(=O)(NC(C)C(=O)OC(C)C)Oc2ccccc2)OC(n2ccc(=S)[nH]c2=S)C(F)C1O. The summed E-state index contributed by atoms with van der Waals surface area (Å²) in [5.41, 5.74) is -2.08. The highest BCUT2D eigenvalue weighted by molar-refractivity contribution is 7.72. The van der Waals surface area contributed by atoms with Crippen LogP contribution in [0.1, 0.15) is 27.0 Å². The largest absolute Gasteiger partial charge is 0.462 e. The van der Waals surface area contributed by atoms with Gasteiger partial charge in [0.25, 0.3) is 0 Å². The van der Waals surface area contributed by atoms with E-state index in [4.69, 9.17) is 49.4 Å². The molecule has 10 nitrogen and oxygen atoms in total. The van der Waals surface area contributed by atoms with E-state index in [0.717, 1.165) is 0 Å². The summed E-state index contributed by atoms with van der Waals surface area (Å²) in [6.07, 6.45) is 1.27. The highest BCUT2D eigenvalue weighted by atomic mass is 32.1. The molecule has 0 saturated carbocycles. The van der Waals surface area contributed by atoms with Crippen LogP contribution in [0.4, 0.5) is 4.39 Å². The average Bonchev–Trinajstić information content (AvgIpc) is 3.08. The number of aromatic nitrogens is 2. The first-order valence-corrected chi connectivity index (χ1v) is 13.5. The smallest absolute Gasteiger partial charge is 0.459 e. The van der Waals surface area contributed by atoms with E-state index < -0.39 is 56.6 Å². The number of nitrogens with zero attached hydrogens (tertiary/aromatic N) is 1. The van der Waals surface area contributed by atoms with Crippen molar-refractivity contribution in [2.45, 2.75) is 57.0 Å². The second-order valence-electron chi connectivity index (χ2n) is 8.46. The number of halogens is 1. The van der Waals surface area contributed by atoms with Gasteiger partial charge in [-0.15, -0.1) is 6.42 Å². The third-order valence-corrected chi connectivity index (χ3v) is 7.40. The number of hydrogen-bond donors (Lipinski definition) is 3. The molecule has 1 aromatic carbocycles. The summed E-state index contributed by atoms with van der Waals surface area (Å²) in [7, 11) is -4.36. The van der Waals surface area contributed by atoms with Crippen LogP contribution >= 0.6 is 32.2 Å². The van der Waals surface area contributed by atoms with Gasteiger partial charge in [0.1, 0.15) is 29.1 Å². The topological polar surface area (TPSA) is 124 Å². The van der Waals surface area contributed by atoms with E-state index in [-0.39, 0.29) is 10.5 Å². The van der Waals surface area contributed by atoms with Crippen LogP contribution in [-0.4, -0.2) is 57.3 Å². The third-order valence-electron chi connectivity index (χ3n) is 5.23. The number of para-hydroxylation sites is 1. The number of nitrogens with one attached hydrogen (secondary N) is 2. The standard InChI is InChI=1S/C23H27FN3O7PS2/c1-5-23(19(28)18(24)20(33-23)27-12-11-17(36)25-22(27)37)13-31-35(30,34-16-9-7-6-8-10-16)26-15(4)21(29)32-14(2)3/h1,6-12,14-15,18-20,28H,13H2,2-4H3,(H,26,30)(H,25,36,37). The minimum absolute atomic E-state index is 0.0401. The van der Waals surface area contributed by atoms with Crippen LogP contribution in [0.5, 0.6) is 5.75 Å². The Balaban J connectivity index is 1.87. The van der Waals surface area contributed by atoms with Gasteiger partial charge in [-0.25, -0.2) is 8.96 Å². The number of H-pyrrole nitrogens is 1. The summed E-state index contributed by atoms with van der Waals surface area (Å²) < 4.78 is 52.5. The molecule has 1 aromatic heterocycles. The molecule has 1 aliphatic rings. The normalized spacial score (nSPS) is 25.7. The van der Waals surface area contributed by atoms with Crippen molar-refractivity contribution < 1.29 is 37.4 Å². The number of carbonyl (C=O) groups excluding carboxylic acids is 1. The summed E-state index contributed by atoms with van der Waals surface area (Å²) in [6, 6.07) is 8.35. The lowest BCUT2D eigenvalue weighted by atomic mass is 9.98. The Bertz CT molecular complexity index is 1320. The minimum atomic E-state index is -4.36. The van der Waals surface area contributed by atoms with E-state index in [0.29, 0.717) is 4.64 Å². The van der Waals surface area contributed by atoms with Gasteiger partial charge >= 0.3 is 13.7 Å². The van der Waals surface area contributed by atoms with Gasteiger partial charge in [-0.1, -0.05) is 36.3 Å². The molecule has 1 fully saturated rings. The molecule has 1 aliphatic heterocycles. The molecule has 200 valence electrons. The van der Waals surface area contributed by atoms with E-state index in [1.165, 1.54) is 35.9 Å². The van der Waals surface area contributed by atoms with E-state index in [1.807, 2.05) is 0 Å². The van der Waals surface area contributed by atoms with Crippen LogP contribution in [0.15, 0.2) is 42.6 Å². The minimum Gasteiger partial charge on any atom is -0.462 e. The number of aliphatic hydroxyl groups is 1. The molecule has 6 unspecified atom stereocenters. The summed E-state index contributed by atoms with van der Waals surface area (Å²) in [5, 5.41) is 13.2. The second kappa shape index (κ2) is 12.0.